The molecule has 2 N–H and O–H groups in total. The Balaban J connectivity index is 2.63. The van der Waals surface area contributed by atoms with Crippen molar-refractivity contribution in [2.45, 2.75) is 13.5 Å². The molecule has 0 aliphatic rings. The van der Waals surface area contributed by atoms with Gasteiger partial charge in [-0.15, -0.1) is 0 Å². The van der Waals surface area contributed by atoms with Crippen LogP contribution in [0.1, 0.15) is 11.1 Å². The Morgan fingerprint density at radius 1 is 1.24 bits per heavy atom. The largest absolute Gasteiger partial charge is 0.326 e. The molecule has 0 amide bonds. The first-order valence-electron chi connectivity index (χ1n) is 5.22. The summed E-state index contributed by atoms with van der Waals surface area (Å²) in [6.45, 7) is 1.88. The Bertz CT molecular complexity index is 553. The molecule has 0 bridgehead atoms. The summed E-state index contributed by atoms with van der Waals surface area (Å²) >= 11 is 0. The lowest BCUT2D eigenvalue weighted by Gasteiger charge is -2.08. The number of rotatable bonds is 2. The molecule has 1 heterocycles. The standard InChI is InChI=1S/C13H12F2N2/c1-8-2-3-11(14)12(13(8)15)10-4-9(5-16)6-17-7-10/h2-4,6-7H,5,16H2,1H3. The minimum atomic E-state index is -0.593. The molecule has 2 aromatic rings. The smallest absolute Gasteiger partial charge is 0.136 e. The third-order valence-electron chi connectivity index (χ3n) is 2.60. The van der Waals surface area contributed by atoms with E-state index in [-0.39, 0.29) is 12.1 Å². The fourth-order valence-electron chi connectivity index (χ4n) is 1.66. The van der Waals surface area contributed by atoms with Crippen molar-refractivity contribution in [3.05, 3.63) is 53.4 Å². The number of halogens is 2. The maximum Gasteiger partial charge on any atom is 0.136 e. The van der Waals surface area contributed by atoms with Gasteiger partial charge in [-0.25, -0.2) is 8.78 Å². The number of aryl methyl sites for hydroxylation is 1. The lowest BCUT2D eigenvalue weighted by Crippen LogP contribution is -1.99. The van der Waals surface area contributed by atoms with Crippen molar-refractivity contribution >= 4 is 0 Å². The van der Waals surface area contributed by atoms with E-state index < -0.39 is 11.6 Å². The summed E-state index contributed by atoms with van der Waals surface area (Å²) in [6.07, 6.45) is 3.01. The van der Waals surface area contributed by atoms with E-state index in [2.05, 4.69) is 4.98 Å². The van der Waals surface area contributed by atoms with E-state index in [4.69, 9.17) is 5.73 Å². The maximum atomic E-state index is 13.9. The minimum absolute atomic E-state index is 0.0483. The van der Waals surface area contributed by atoms with Crippen LogP contribution in [-0.4, -0.2) is 4.98 Å². The van der Waals surface area contributed by atoms with Gasteiger partial charge in [-0.2, -0.15) is 0 Å². The zero-order chi connectivity index (χ0) is 12.4. The van der Waals surface area contributed by atoms with Gasteiger partial charge in [-0.3, -0.25) is 4.98 Å². The number of aromatic nitrogens is 1. The van der Waals surface area contributed by atoms with Crippen LogP contribution in [0.4, 0.5) is 8.78 Å². The summed E-state index contributed by atoms with van der Waals surface area (Å²) < 4.78 is 27.5. The second-order valence-corrected chi connectivity index (χ2v) is 3.84. The van der Waals surface area contributed by atoms with Gasteiger partial charge < -0.3 is 5.73 Å². The van der Waals surface area contributed by atoms with Crippen LogP contribution in [0.2, 0.25) is 0 Å². The van der Waals surface area contributed by atoms with Gasteiger partial charge in [0, 0.05) is 24.5 Å². The molecule has 2 rings (SSSR count). The third kappa shape index (κ3) is 2.17. The van der Waals surface area contributed by atoms with E-state index in [0.717, 1.165) is 5.56 Å². The zero-order valence-corrected chi connectivity index (χ0v) is 9.37. The summed E-state index contributed by atoms with van der Waals surface area (Å²) in [6, 6.07) is 4.31. The summed E-state index contributed by atoms with van der Waals surface area (Å²) in [5.41, 5.74) is 6.98. The van der Waals surface area contributed by atoms with Gasteiger partial charge in [0.2, 0.25) is 0 Å². The topological polar surface area (TPSA) is 38.9 Å². The van der Waals surface area contributed by atoms with Crippen LogP contribution in [0.3, 0.4) is 0 Å². The summed E-state index contributed by atoms with van der Waals surface area (Å²) in [5.74, 6) is -1.15. The van der Waals surface area contributed by atoms with E-state index >= 15 is 0 Å². The van der Waals surface area contributed by atoms with Crippen LogP contribution in [-0.2, 0) is 6.54 Å². The van der Waals surface area contributed by atoms with Crippen molar-refractivity contribution in [3.63, 3.8) is 0 Å². The molecule has 0 aliphatic carbocycles. The van der Waals surface area contributed by atoms with Gasteiger partial charge in [0.15, 0.2) is 0 Å². The number of pyridine rings is 1. The van der Waals surface area contributed by atoms with Crippen molar-refractivity contribution in [2.24, 2.45) is 5.73 Å². The Hall–Kier alpha value is -1.81. The normalized spacial score (nSPS) is 10.6. The number of benzene rings is 1. The molecule has 0 saturated carbocycles. The van der Waals surface area contributed by atoms with E-state index in [1.165, 1.54) is 18.3 Å². The molecule has 0 fully saturated rings. The van der Waals surface area contributed by atoms with Crippen LogP contribution in [0.5, 0.6) is 0 Å². The van der Waals surface area contributed by atoms with Crippen LogP contribution >= 0.6 is 0 Å². The number of nitrogens with two attached hydrogens (primary N) is 1. The number of nitrogens with zero attached hydrogens (tertiary/aromatic N) is 1. The Morgan fingerprint density at radius 3 is 2.71 bits per heavy atom. The zero-order valence-electron chi connectivity index (χ0n) is 9.37. The SMILES string of the molecule is Cc1ccc(F)c(-c2cncc(CN)c2)c1F. The fraction of sp³-hybridized carbons (Fsp3) is 0.154. The predicted molar refractivity (Wildman–Crippen MR) is 62.2 cm³/mol. The Kier molecular flexibility index (Phi) is 3.15. The highest BCUT2D eigenvalue weighted by Gasteiger charge is 2.13. The quantitative estimate of drug-likeness (QED) is 0.867. The van der Waals surface area contributed by atoms with Gasteiger partial charge in [0.1, 0.15) is 11.6 Å². The van der Waals surface area contributed by atoms with Gasteiger partial charge in [0.05, 0.1) is 5.56 Å². The summed E-state index contributed by atoms with van der Waals surface area (Å²) in [5, 5.41) is 0. The monoisotopic (exact) mass is 234 g/mol. The molecule has 0 aliphatic heterocycles. The average Bonchev–Trinajstić information content (AvgIpc) is 2.35. The lowest BCUT2D eigenvalue weighted by atomic mass is 10.0. The molecule has 0 unspecified atom stereocenters. The average molecular weight is 234 g/mol. The van der Waals surface area contributed by atoms with Crippen LogP contribution in [0, 0.1) is 18.6 Å². The third-order valence-corrected chi connectivity index (χ3v) is 2.60. The minimum Gasteiger partial charge on any atom is -0.326 e. The van der Waals surface area contributed by atoms with Crippen molar-refractivity contribution in [1.29, 1.82) is 0 Å². The molecule has 1 aromatic carbocycles. The van der Waals surface area contributed by atoms with Gasteiger partial charge in [-0.05, 0) is 30.2 Å². The highest BCUT2D eigenvalue weighted by molar-refractivity contribution is 5.65. The lowest BCUT2D eigenvalue weighted by molar-refractivity contribution is 0.583. The van der Waals surface area contributed by atoms with Crippen molar-refractivity contribution in [2.75, 3.05) is 0 Å². The molecule has 0 spiro atoms. The summed E-state index contributed by atoms with van der Waals surface area (Å²) in [4.78, 5) is 3.93. The van der Waals surface area contributed by atoms with E-state index in [0.29, 0.717) is 11.1 Å². The molecule has 0 radical (unpaired) electrons. The van der Waals surface area contributed by atoms with Crippen LogP contribution < -0.4 is 5.73 Å². The molecular formula is C13H12F2N2. The van der Waals surface area contributed by atoms with Crippen molar-refractivity contribution in [3.8, 4) is 11.1 Å². The van der Waals surface area contributed by atoms with Crippen LogP contribution in [0.15, 0.2) is 30.6 Å². The second-order valence-electron chi connectivity index (χ2n) is 3.84. The molecule has 88 valence electrons. The van der Waals surface area contributed by atoms with Gasteiger partial charge >= 0.3 is 0 Å². The van der Waals surface area contributed by atoms with Crippen molar-refractivity contribution in [1.82, 2.24) is 4.98 Å². The number of hydrogen-bond acceptors (Lipinski definition) is 2. The first-order valence-corrected chi connectivity index (χ1v) is 5.22. The molecular weight excluding hydrogens is 222 g/mol. The van der Waals surface area contributed by atoms with E-state index in [1.807, 2.05) is 0 Å². The fourth-order valence-corrected chi connectivity index (χ4v) is 1.66. The molecule has 2 nitrogen and oxygen atoms in total. The van der Waals surface area contributed by atoms with Gasteiger partial charge in [-0.1, -0.05) is 6.07 Å². The maximum absolute atomic E-state index is 13.9. The first-order chi connectivity index (χ1) is 8.13. The first kappa shape index (κ1) is 11.7. The Morgan fingerprint density at radius 2 is 2.00 bits per heavy atom. The summed E-state index contributed by atoms with van der Waals surface area (Å²) in [7, 11) is 0. The highest BCUT2D eigenvalue weighted by atomic mass is 19.1. The molecule has 0 saturated heterocycles. The Labute approximate surface area is 98.1 Å². The highest BCUT2D eigenvalue weighted by Crippen LogP contribution is 2.27. The van der Waals surface area contributed by atoms with E-state index in [9.17, 15) is 8.78 Å². The van der Waals surface area contributed by atoms with Crippen LogP contribution in [0.25, 0.3) is 11.1 Å². The molecule has 1 aromatic heterocycles. The van der Waals surface area contributed by atoms with E-state index in [1.54, 1.807) is 19.2 Å². The predicted octanol–water partition coefficient (Wildman–Crippen LogP) is 2.79. The van der Waals surface area contributed by atoms with Crippen molar-refractivity contribution < 1.29 is 8.78 Å². The molecule has 0 atom stereocenters. The second kappa shape index (κ2) is 4.59. The van der Waals surface area contributed by atoms with Gasteiger partial charge in [0.25, 0.3) is 0 Å². The number of hydrogen-bond donors (Lipinski definition) is 1. The molecule has 4 heteroatoms. The molecule has 17 heavy (non-hydrogen) atoms.